The largest absolute Gasteiger partial charge is 0.195 e. The lowest BCUT2D eigenvalue weighted by molar-refractivity contribution is 0.644. The molecule has 0 fully saturated rings. The van der Waals surface area contributed by atoms with Crippen LogP contribution in [-0.2, 0) is 0 Å². The molecule has 0 radical (unpaired) electrons. The molecule has 0 aromatic heterocycles. The predicted molar refractivity (Wildman–Crippen MR) is 197 cm³/mol. The molecule has 0 N–H and O–H groups in total. The normalized spacial score (nSPS) is 12.6. The number of aryl methyl sites for hydroxylation is 4. The van der Waals surface area contributed by atoms with Gasteiger partial charge in [0, 0.05) is 7.92 Å². The van der Waals surface area contributed by atoms with Crippen LogP contribution in [0.3, 0.4) is 0 Å². The van der Waals surface area contributed by atoms with E-state index in [0.717, 1.165) is 0 Å². The first kappa shape index (κ1) is 33.9. The lowest BCUT2D eigenvalue weighted by Gasteiger charge is -2.44. The van der Waals surface area contributed by atoms with Gasteiger partial charge in [0.25, 0.3) is 0 Å². The molecule has 4 aromatic rings. The molecular weight excluding hydrogens is 522 g/mol. The second-order valence-electron chi connectivity index (χ2n) is 15.6. The third-order valence-corrected chi connectivity index (χ3v) is 13.1. The maximum atomic E-state index is 2.40. The van der Waals surface area contributed by atoms with Gasteiger partial charge >= 0.3 is 0 Å². The van der Waals surface area contributed by atoms with E-state index < -0.39 is 14.1 Å². The minimum Gasteiger partial charge on any atom is -0.195 e. The van der Waals surface area contributed by atoms with Crippen LogP contribution in [0.4, 0.5) is 0 Å². The Morgan fingerprint density at radius 2 is 0.500 bits per heavy atom. The van der Waals surface area contributed by atoms with Crippen LogP contribution in [0.15, 0.2) is 97.1 Å². The first-order valence-electron chi connectivity index (χ1n) is 15.7. The lowest BCUT2D eigenvalue weighted by atomic mass is 9.13. The van der Waals surface area contributed by atoms with Crippen molar-refractivity contribution in [2.75, 3.05) is 0 Å². The summed E-state index contributed by atoms with van der Waals surface area (Å²) in [6.07, 6.45) is -1.27. The molecule has 224 valence electrons. The maximum Gasteiger partial charge on any atom is 0.108 e. The monoisotopic (exact) mass is 578 g/mol. The smallest absolute Gasteiger partial charge is 0.108 e. The van der Waals surface area contributed by atoms with E-state index in [9.17, 15) is 0 Å². The molecule has 2 heteroatoms. The van der Waals surface area contributed by atoms with E-state index in [4.69, 9.17) is 0 Å². The Labute approximate surface area is 260 Å². The van der Waals surface area contributed by atoms with Gasteiger partial charge in [-0.1, -0.05) is 119 Å². The summed E-state index contributed by atoms with van der Waals surface area (Å²) >= 11 is 0. The molecule has 0 saturated heterocycles. The molecule has 0 aliphatic carbocycles. The molecule has 0 atom stereocenters. The highest BCUT2D eigenvalue weighted by atomic mass is 31.1. The van der Waals surface area contributed by atoms with Gasteiger partial charge in [0.05, 0.1) is 15.5 Å². The summed E-state index contributed by atoms with van der Waals surface area (Å²) in [6.45, 7) is 30.2. The van der Waals surface area contributed by atoms with Crippen LogP contribution in [0.5, 0.6) is 0 Å². The SMILES string of the molecule is CC(C)(C)[PH+](C(C)(C)C)C(C)(C)C.Cc1ccc([B-](c2ccc(C)cc2)(c2ccc(C)cc2)c2ccc(C)cc2)cc1. The zero-order valence-electron chi connectivity index (χ0n) is 28.8. The van der Waals surface area contributed by atoms with Crippen molar-refractivity contribution in [1.29, 1.82) is 0 Å². The van der Waals surface area contributed by atoms with Gasteiger partial charge in [-0.2, -0.15) is 21.9 Å². The second kappa shape index (κ2) is 12.9. The van der Waals surface area contributed by atoms with Crippen LogP contribution in [0.2, 0.25) is 0 Å². The van der Waals surface area contributed by atoms with Gasteiger partial charge in [0.1, 0.15) is 6.15 Å². The van der Waals surface area contributed by atoms with Crippen LogP contribution in [0.1, 0.15) is 84.6 Å². The van der Waals surface area contributed by atoms with E-state index in [1.807, 2.05) is 0 Å². The number of hydrogen-bond acceptors (Lipinski definition) is 0. The van der Waals surface area contributed by atoms with Gasteiger partial charge in [-0.3, -0.25) is 0 Å². The highest BCUT2D eigenvalue weighted by molar-refractivity contribution is 7.62. The standard InChI is InChI=1S/C28H28B.C12H27P/c1-21-5-13-25(14-6-21)29(26-15-7-22(2)8-16-26,27-17-9-23(3)10-18-27)28-19-11-24(4)12-20-28;1-10(2,3)13(11(4,5)6)12(7,8)9/h5-20H,1-4H3;1-9H3/q-1;/p+1. The van der Waals surface area contributed by atoms with Crippen molar-refractivity contribution in [3.8, 4) is 0 Å². The summed E-state index contributed by atoms with van der Waals surface area (Å²) in [5.41, 5.74) is 10.6. The van der Waals surface area contributed by atoms with Crippen molar-refractivity contribution >= 4 is 35.9 Å². The topological polar surface area (TPSA) is 0 Å². The Balaban J connectivity index is 0.000000316. The molecule has 42 heavy (non-hydrogen) atoms. The fourth-order valence-corrected chi connectivity index (χ4v) is 14.7. The Hall–Kier alpha value is -2.63. The summed E-state index contributed by atoms with van der Waals surface area (Å²) in [6, 6.07) is 36.4. The minimum absolute atomic E-state index is 0.391. The first-order valence-corrected chi connectivity index (χ1v) is 17.2. The Kier molecular flexibility index (Phi) is 10.4. The Morgan fingerprint density at radius 1 is 0.333 bits per heavy atom. The van der Waals surface area contributed by atoms with Crippen molar-refractivity contribution < 1.29 is 0 Å². The van der Waals surface area contributed by atoms with Gasteiger partial charge in [-0.05, 0) is 90.0 Å². The maximum absolute atomic E-state index is 2.40. The van der Waals surface area contributed by atoms with E-state index in [1.165, 1.54) is 44.1 Å². The molecule has 0 heterocycles. The summed E-state index contributed by atoms with van der Waals surface area (Å²) in [5.74, 6) is 0. The molecule has 0 aliphatic heterocycles. The van der Waals surface area contributed by atoms with Crippen molar-refractivity contribution in [3.63, 3.8) is 0 Å². The van der Waals surface area contributed by atoms with E-state index in [-0.39, 0.29) is 0 Å². The molecule has 0 bridgehead atoms. The van der Waals surface area contributed by atoms with Crippen LogP contribution in [0, 0.1) is 27.7 Å². The molecule has 0 aliphatic rings. The molecule has 0 saturated carbocycles. The van der Waals surface area contributed by atoms with E-state index >= 15 is 0 Å². The van der Waals surface area contributed by atoms with Gasteiger partial charge in [0.2, 0.25) is 0 Å². The molecule has 4 aromatic carbocycles. The quantitative estimate of drug-likeness (QED) is 0.168. The summed E-state index contributed by atoms with van der Waals surface area (Å²) in [5, 5.41) is 1.46. The summed E-state index contributed by atoms with van der Waals surface area (Å²) in [4.78, 5) is 0. The van der Waals surface area contributed by atoms with Gasteiger partial charge in [0.15, 0.2) is 0 Å². The molecule has 0 amide bonds. The predicted octanol–water partition coefficient (Wildman–Crippen LogP) is 8.89. The zero-order chi connectivity index (χ0) is 31.5. The number of benzene rings is 4. The third kappa shape index (κ3) is 7.85. The fraction of sp³-hybridized carbons (Fsp3) is 0.400. The third-order valence-electron chi connectivity index (χ3n) is 8.56. The van der Waals surface area contributed by atoms with Crippen LogP contribution >= 0.6 is 7.92 Å². The number of hydrogen-bond donors (Lipinski definition) is 0. The fourth-order valence-electron chi connectivity index (χ4n) is 7.95. The molecule has 0 nitrogen and oxygen atoms in total. The van der Waals surface area contributed by atoms with Crippen molar-refractivity contribution in [2.45, 2.75) is 105 Å². The zero-order valence-corrected chi connectivity index (χ0v) is 29.8. The van der Waals surface area contributed by atoms with E-state index in [1.54, 1.807) is 0 Å². The van der Waals surface area contributed by atoms with Crippen LogP contribution < -0.4 is 21.9 Å². The molecule has 0 unspecified atom stereocenters. The lowest BCUT2D eigenvalue weighted by Crippen LogP contribution is -2.74. The van der Waals surface area contributed by atoms with Crippen LogP contribution in [-0.4, -0.2) is 21.6 Å². The Bertz CT molecular complexity index is 1190. The minimum atomic E-state index is -1.27. The van der Waals surface area contributed by atoms with Crippen LogP contribution in [0.25, 0.3) is 0 Å². The van der Waals surface area contributed by atoms with E-state index in [2.05, 4.69) is 187 Å². The summed E-state index contributed by atoms with van der Waals surface area (Å²) < 4.78 is 0. The van der Waals surface area contributed by atoms with Gasteiger partial charge in [-0.15, -0.1) is 0 Å². The highest BCUT2D eigenvalue weighted by Crippen LogP contribution is 2.66. The first-order chi connectivity index (χ1) is 19.4. The average molecular weight is 579 g/mol. The van der Waals surface area contributed by atoms with Gasteiger partial charge in [-0.25, -0.2) is 0 Å². The number of rotatable bonds is 4. The molecule has 4 rings (SSSR count). The van der Waals surface area contributed by atoms with Gasteiger partial charge < -0.3 is 0 Å². The Morgan fingerprint density at radius 3 is 0.619 bits per heavy atom. The van der Waals surface area contributed by atoms with E-state index in [0.29, 0.717) is 15.5 Å². The van der Waals surface area contributed by atoms with Crippen molar-refractivity contribution in [3.05, 3.63) is 119 Å². The van der Waals surface area contributed by atoms with Crippen molar-refractivity contribution in [2.24, 2.45) is 0 Å². The highest BCUT2D eigenvalue weighted by Gasteiger charge is 2.49. The summed E-state index contributed by atoms with van der Waals surface area (Å²) in [7, 11) is -0.391. The van der Waals surface area contributed by atoms with Crippen molar-refractivity contribution in [1.82, 2.24) is 0 Å². The average Bonchev–Trinajstić information content (AvgIpc) is 2.86. The second-order valence-corrected chi connectivity index (χ2v) is 20.9. The molecule has 0 spiro atoms. The molecular formula is C40H56BP.